The van der Waals surface area contributed by atoms with Crippen molar-refractivity contribution in [3.63, 3.8) is 0 Å². The van der Waals surface area contributed by atoms with E-state index < -0.39 is 47.8 Å². The SMILES string of the molecule is C[C@H]1[C@@H](O)O[C@@H]2O[C@@]3(C)CC[C@H]4[C@H](C)CC[C@@H]1[C@@]24OO3.O=C(O)CCC(=O)O.O=C(O)CCC(=O)O. The number of ether oxygens (including phenoxy) is 2. The predicted octanol–water partition coefficient (Wildman–Crippen LogP) is 2.06. The van der Waals surface area contributed by atoms with E-state index in [9.17, 15) is 24.3 Å². The van der Waals surface area contributed by atoms with Crippen molar-refractivity contribution in [1.82, 2.24) is 0 Å². The van der Waals surface area contributed by atoms with Gasteiger partial charge in [-0.3, -0.25) is 19.2 Å². The molecule has 4 aliphatic heterocycles. The maximum Gasteiger partial charge on any atom is 0.303 e. The lowest BCUT2D eigenvalue weighted by Crippen LogP contribution is -2.70. The Hall–Kier alpha value is -2.32. The Morgan fingerprint density at radius 3 is 1.75 bits per heavy atom. The van der Waals surface area contributed by atoms with Gasteiger partial charge in [-0.1, -0.05) is 13.8 Å². The molecule has 36 heavy (non-hydrogen) atoms. The topological polar surface area (TPSA) is 206 Å². The van der Waals surface area contributed by atoms with Crippen LogP contribution >= 0.6 is 0 Å². The number of carboxylic acids is 4. The zero-order chi connectivity index (χ0) is 27.3. The first-order valence-corrected chi connectivity index (χ1v) is 12.0. The van der Waals surface area contributed by atoms with E-state index in [2.05, 4.69) is 6.92 Å². The Bertz CT molecular complexity index is 756. The molecule has 5 N–H and O–H groups in total. The first kappa shape index (κ1) is 29.9. The molecular formula is C23H36O13. The number of fused-ring (bicyclic) bond motifs is 2. The fourth-order valence-electron chi connectivity index (χ4n) is 5.31. The molecule has 0 unspecified atom stereocenters. The number of aliphatic hydroxyl groups excluding tert-OH is 1. The van der Waals surface area contributed by atoms with E-state index in [4.69, 9.17) is 39.7 Å². The fraction of sp³-hybridized carbons (Fsp3) is 0.826. The van der Waals surface area contributed by atoms with E-state index >= 15 is 0 Å². The maximum atomic E-state index is 10.2. The molecule has 2 bridgehead atoms. The number of hydrogen-bond acceptors (Lipinski definition) is 9. The van der Waals surface area contributed by atoms with Crippen LogP contribution in [0.1, 0.15) is 72.1 Å². The van der Waals surface area contributed by atoms with Crippen molar-refractivity contribution in [2.75, 3.05) is 0 Å². The third kappa shape index (κ3) is 7.13. The van der Waals surface area contributed by atoms with Gasteiger partial charge in [-0.25, -0.2) is 9.78 Å². The highest BCUT2D eigenvalue weighted by molar-refractivity contribution is 5.75. The Morgan fingerprint density at radius 2 is 1.28 bits per heavy atom. The van der Waals surface area contributed by atoms with Crippen molar-refractivity contribution < 1.29 is 64.0 Å². The first-order chi connectivity index (χ1) is 16.7. The average Bonchev–Trinajstić information content (AvgIpc) is 3.01. The van der Waals surface area contributed by atoms with E-state index in [1.807, 2.05) is 13.8 Å². The second kappa shape index (κ2) is 12.3. The molecule has 1 aliphatic carbocycles. The largest absolute Gasteiger partial charge is 0.481 e. The van der Waals surface area contributed by atoms with Crippen molar-refractivity contribution in [2.45, 2.75) is 96.1 Å². The number of rotatable bonds is 6. The Labute approximate surface area is 208 Å². The molecule has 0 aromatic rings. The quantitative estimate of drug-likeness (QED) is 0.318. The first-order valence-electron chi connectivity index (χ1n) is 12.0. The smallest absolute Gasteiger partial charge is 0.303 e. The lowest BCUT2D eigenvalue weighted by atomic mass is 9.58. The second-order valence-electron chi connectivity index (χ2n) is 9.87. The lowest BCUT2D eigenvalue weighted by Gasteiger charge is -2.59. The summed E-state index contributed by atoms with van der Waals surface area (Å²) in [7, 11) is 0. The summed E-state index contributed by atoms with van der Waals surface area (Å²) in [5.41, 5.74) is -0.549. The van der Waals surface area contributed by atoms with Gasteiger partial charge < -0.3 is 35.0 Å². The standard InChI is InChI=1S/C15H24O5.2C4H6O4/c1-8-4-5-11-9(2)12(16)17-13-15(11)10(8)6-7-14(3,18-13)19-20-15;2*5-3(6)1-2-4(7)8/h8-13,16H,4-7H2,1-3H3;2*1-2H2,(H,5,6)(H,7,8)/t8-,9-,10+,11+,12+,13-,14-,15-;;/m1../s1. The third-order valence-corrected chi connectivity index (χ3v) is 7.23. The highest BCUT2D eigenvalue weighted by Gasteiger charge is 2.69. The van der Waals surface area contributed by atoms with Crippen LogP contribution in [0.15, 0.2) is 0 Å². The minimum absolute atomic E-state index is 0.0379. The van der Waals surface area contributed by atoms with Crippen LogP contribution in [0.5, 0.6) is 0 Å². The molecule has 5 aliphatic rings. The molecule has 13 heteroatoms. The van der Waals surface area contributed by atoms with Crippen molar-refractivity contribution in [2.24, 2.45) is 23.7 Å². The van der Waals surface area contributed by atoms with Crippen LogP contribution in [0, 0.1) is 23.7 Å². The van der Waals surface area contributed by atoms with Crippen LogP contribution in [-0.2, 0) is 38.4 Å². The number of carbonyl (C=O) groups is 4. The monoisotopic (exact) mass is 520 g/mol. The summed E-state index contributed by atoms with van der Waals surface area (Å²) in [6.07, 6.45) is 1.54. The van der Waals surface area contributed by atoms with E-state index in [1.54, 1.807) is 0 Å². The summed E-state index contributed by atoms with van der Waals surface area (Å²) < 4.78 is 11.9. The van der Waals surface area contributed by atoms with Crippen LogP contribution in [-0.4, -0.2) is 73.4 Å². The van der Waals surface area contributed by atoms with Crippen molar-refractivity contribution in [1.29, 1.82) is 0 Å². The van der Waals surface area contributed by atoms with E-state index in [0.29, 0.717) is 11.8 Å². The van der Waals surface area contributed by atoms with Gasteiger partial charge in [-0.2, -0.15) is 0 Å². The van der Waals surface area contributed by atoms with Crippen LogP contribution < -0.4 is 0 Å². The molecule has 5 rings (SSSR count). The molecule has 4 heterocycles. The third-order valence-electron chi connectivity index (χ3n) is 7.23. The van der Waals surface area contributed by atoms with Gasteiger partial charge in [0, 0.05) is 18.3 Å². The maximum absolute atomic E-state index is 10.2. The van der Waals surface area contributed by atoms with Crippen molar-refractivity contribution >= 4 is 23.9 Å². The van der Waals surface area contributed by atoms with Crippen molar-refractivity contribution in [3.8, 4) is 0 Å². The van der Waals surface area contributed by atoms with Gasteiger partial charge in [-0.05, 0) is 38.0 Å². The van der Waals surface area contributed by atoms with Crippen LogP contribution in [0.25, 0.3) is 0 Å². The molecular weight excluding hydrogens is 484 g/mol. The molecule has 4 saturated heterocycles. The van der Waals surface area contributed by atoms with Crippen LogP contribution in [0.4, 0.5) is 0 Å². The molecule has 5 fully saturated rings. The van der Waals surface area contributed by atoms with E-state index in [-0.39, 0.29) is 37.5 Å². The molecule has 1 saturated carbocycles. The Kier molecular flexibility index (Phi) is 10.2. The van der Waals surface area contributed by atoms with Gasteiger partial charge in [0.1, 0.15) is 0 Å². The molecule has 0 amide bonds. The minimum atomic E-state index is -1.08. The van der Waals surface area contributed by atoms with Gasteiger partial charge in [0.2, 0.25) is 5.79 Å². The van der Waals surface area contributed by atoms with E-state index in [0.717, 1.165) is 19.3 Å². The van der Waals surface area contributed by atoms with Crippen molar-refractivity contribution in [3.05, 3.63) is 0 Å². The normalized spacial score (nSPS) is 38.1. The summed E-state index contributed by atoms with van der Waals surface area (Å²) >= 11 is 0. The molecule has 13 nitrogen and oxygen atoms in total. The summed E-state index contributed by atoms with van der Waals surface area (Å²) in [6.45, 7) is 6.22. The number of aliphatic hydroxyl groups is 1. The summed E-state index contributed by atoms with van der Waals surface area (Å²) in [6, 6.07) is 0. The van der Waals surface area contributed by atoms with E-state index in [1.165, 1.54) is 6.42 Å². The molecule has 1 spiro atoms. The van der Waals surface area contributed by atoms with Gasteiger partial charge in [0.25, 0.3) is 0 Å². The van der Waals surface area contributed by atoms with Gasteiger partial charge in [0.05, 0.1) is 25.7 Å². The molecule has 0 aromatic carbocycles. The summed E-state index contributed by atoms with van der Waals surface area (Å²) in [5.74, 6) is -3.87. The number of carboxylic acid groups (broad SMARTS) is 4. The highest BCUT2D eigenvalue weighted by atomic mass is 17.3. The summed E-state index contributed by atoms with van der Waals surface area (Å²) in [4.78, 5) is 50.2. The fourth-order valence-corrected chi connectivity index (χ4v) is 5.31. The second-order valence-corrected chi connectivity index (χ2v) is 9.87. The van der Waals surface area contributed by atoms with Gasteiger partial charge in [0.15, 0.2) is 18.2 Å². The predicted molar refractivity (Wildman–Crippen MR) is 118 cm³/mol. The zero-order valence-electron chi connectivity index (χ0n) is 20.6. The molecule has 206 valence electrons. The average molecular weight is 521 g/mol. The van der Waals surface area contributed by atoms with Crippen LogP contribution in [0.2, 0.25) is 0 Å². The number of aliphatic carboxylic acids is 4. The summed E-state index contributed by atoms with van der Waals surface area (Å²) in [5, 5.41) is 41.8. The Morgan fingerprint density at radius 1 is 0.778 bits per heavy atom. The zero-order valence-corrected chi connectivity index (χ0v) is 20.6. The minimum Gasteiger partial charge on any atom is -0.481 e. The molecule has 0 radical (unpaired) electrons. The lowest BCUT2D eigenvalue weighted by molar-refractivity contribution is -0.576. The Balaban J connectivity index is 0.000000239. The molecule has 8 atom stereocenters. The van der Waals surface area contributed by atoms with Gasteiger partial charge in [-0.15, -0.1) is 0 Å². The van der Waals surface area contributed by atoms with Gasteiger partial charge >= 0.3 is 23.9 Å². The van der Waals surface area contributed by atoms with Crippen LogP contribution in [0.3, 0.4) is 0 Å². The highest BCUT2D eigenvalue weighted by Crippen LogP contribution is 2.60. The molecule has 0 aromatic heterocycles. The number of hydrogen-bond donors (Lipinski definition) is 5.